The Morgan fingerprint density at radius 3 is 2.33 bits per heavy atom. The van der Waals surface area contributed by atoms with E-state index in [9.17, 15) is 9.18 Å². The fourth-order valence-corrected chi connectivity index (χ4v) is 2.97. The van der Waals surface area contributed by atoms with Crippen LogP contribution in [0.3, 0.4) is 0 Å². The molecule has 0 unspecified atom stereocenters. The molecule has 4 rings (SSSR count). The molecule has 2 aromatic heterocycles. The zero-order valence-corrected chi connectivity index (χ0v) is 16.3. The van der Waals surface area contributed by atoms with Gasteiger partial charge in [0.25, 0.3) is 5.91 Å². The van der Waals surface area contributed by atoms with E-state index < -0.39 is 0 Å². The van der Waals surface area contributed by atoms with Crippen LogP contribution >= 0.6 is 0 Å². The molecule has 8 heteroatoms. The predicted octanol–water partition coefficient (Wildman–Crippen LogP) is 3.94. The summed E-state index contributed by atoms with van der Waals surface area (Å²) in [6.07, 6.45) is 1.39. The summed E-state index contributed by atoms with van der Waals surface area (Å²) in [5.41, 5.74) is 3.17. The largest absolute Gasteiger partial charge is 0.497 e. The summed E-state index contributed by atoms with van der Waals surface area (Å²) in [5.74, 6) is 0.418. The van der Waals surface area contributed by atoms with Crippen molar-refractivity contribution in [1.82, 2.24) is 19.7 Å². The van der Waals surface area contributed by atoms with Crippen molar-refractivity contribution in [2.45, 2.75) is 0 Å². The topological polar surface area (TPSA) is 81.9 Å². The number of benzene rings is 2. The number of amides is 1. The third kappa shape index (κ3) is 4.02. The van der Waals surface area contributed by atoms with E-state index in [0.717, 1.165) is 16.9 Å². The molecule has 1 amide bonds. The van der Waals surface area contributed by atoms with Gasteiger partial charge in [0.1, 0.15) is 29.4 Å². The van der Waals surface area contributed by atoms with E-state index in [1.54, 1.807) is 38.4 Å². The maximum absolute atomic E-state index is 13.1. The lowest BCUT2D eigenvalue weighted by molar-refractivity contribution is 0.101. The Balaban J connectivity index is 1.55. The van der Waals surface area contributed by atoms with E-state index in [0.29, 0.717) is 22.9 Å². The number of carbonyl (C=O) groups excluding carboxylic acids is 1. The highest BCUT2D eigenvalue weighted by Crippen LogP contribution is 2.23. The zero-order chi connectivity index (χ0) is 21.1. The number of methoxy groups -OCH3 is 1. The summed E-state index contributed by atoms with van der Waals surface area (Å²) in [6, 6.07) is 16.7. The maximum atomic E-state index is 13.1. The van der Waals surface area contributed by atoms with Crippen molar-refractivity contribution >= 4 is 11.7 Å². The highest BCUT2D eigenvalue weighted by molar-refractivity contribution is 6.03. The van der Waals surface area contributed by atoms with E-state index in [1.807, 2.05) is 24.3 Å². The van der Waals surface area contributed by atoms with Gasteiger partial charge in [-0.3, -0.25) is 9.48 Å². The molecular formula is C22H18FN5O2. The molecule has 1 N–H and O–H groups in total. The number of ether oxygens (including phenoxy) is 1. The van der Waals surface area contributed by atoms with Gasteiger partial charge in [0.2, 0.25) is 0 Å². The lowest BCUT2D eigenvalue weighted by Crippen LogP contribution is -2.16. The second-order valence-electron chi connectivity index (χ2n) is 6.52. The quantitative estimate of drug-likeness (QED) is 0.546. The SMILES string of the molecule is COc1ccc(-c2cc(NC(=O)c3cc(-c4ccc(F)cc4)nn3C)ncn2)cc1. The summed E-state index contributed by atoms with van der Waals surface area (Å²) in [6.45, 7) is 0. The second-order valence-corrected chi connectivity index (χ2v) is 6.52. The number of aryl methyl sites for hydroxylation is 1. The minimum Gasteiger partial charge on any atom is -0.497 e. The van der Waals surface area contributed by atoms with Gasteiger partial charge in [-0.1, -0.05) is 0 Å². The number of hydrogen-bond acceptors (Lipinski definition) is 5. The van der Waals surface area contributed by atoms with Gasteiger partial charge in [0.05, 0.1) is 18.5 Å². The monoisotopic (exact) mass is 403 g/mol. The lowest BCUT2D eigenvalue weighted by atomic mass is 10.1. The molecule has 30 heavy (non-hydrogen) atoms. The fraction of sp³-hybridized carbons (Fsp3) is 0.0909. The van der Waals surface area contributed by atoms with Crippen LogP contribution in [0.15, 0.2) is 67.0 Å². The number of anilines is 1. The van der Waals surface area contributed by atoms with E-state index in [-0.39, 0.29) is 11.7 Å². The minimum atomic E-state index is -0.363. The molecule has 0 spiro atoms. The van der Waals surface area contributed by atoms with Crippen LogP contribution in [-0.4, -0.2) is 32.8 Å². The van der Waals surface area contributed by atoms with Gasteiger partial charge in [0, 0.05) is 24.2 Å². The van der Waals surface area contributed by atoms with Crippen molar-refractivity contribution in [3.05, 3.63) is 78.5 Å². The third-order valence-electron chi connectivity index (χ3n) is 4.55. The molecule has 7 nitrogen and oxygen atoms in total. The number of nitrogens with zero attached hydrogens (tertiary/aromatic N) is 4. The molecule has 2 heterocycles. The molecule has 0 saturated heterocycles. The van der Waals surface area contributed by atoms with Crippen LogP contribution < -0.4 is 10.1 Å². The summed E-state index contributed by atoms with van der Waals surface area (Å²) >= 11 is 0. The van der Waals surface area contributed by atoms with Gasteiger partial charge >= 0.3 is 0 Å². The first-order chi connectivity index (χ1) is 14.5. The molecule has 0 aliphatic carbocycles. The van der Waals surface area contributed by atoms with Gasteiger partial charge < -0.3 is 10.1 Å². The van der Waals surface area contributed by atoms with Gasteiger partial charge in [-0.25, -0.2) is 14.4 Å². The van der Waals surface area contributed by atoms with E-state index in [1.165, 1.54) is 23.1 Å². The molecule has 150 valence electrons. The van der Waals surface area contributed by atoms with Crippen molar-refractivity contribution in [2.24, 2.45) is 7.05 Å². The summed E-state index contributed by atoms with van der Waals surface area (Å²) in [7, 11) is 3.28. The Labute approximate surface area is 172 Å². The predicted molar refractivity (Wildman–Crippen MR) is 111 cm³/mol. The Bertz CT molecular complexity index is 1190. The first kappa shape index (κ1) is 19.3. The highest BCUT2D eigenvalue weighted by atomic mass is 19.1. The molecule has 0 aliphatic heterocycles. The standard InChI is InChI=1S/C22H18FN5O2/c1-28-20(11-19(27-28)15-3-7-16(23)8-4-15)22(29)26-21-12-18(24-13-25-21)14-5-9-17(30-2)10-6-14/h3-13H,1-2H3,(H,24,25,26,29). The smallest absolute Gasteiger partial charge is 0.275 e. The van der Waals surface area contributed by atoms with Crippen LogP contribution in [0, 0.1) is 5.82 Å². The van der Waals surface area contributed by atoms with Crippen LogP contribution in [0.1, 0.15) is 10.5 Å². The summed E-state index contributed by atoms with van der Waals surface area (Å²) in [4.78, 5) is 21.1. The second kappa shape index (κ2) is 8.12. The van der Waals surface area contributed by atoms with Crippen molar-refractivity contribution in [3.8, 4) is 28.3 Å². The number of carbonyl (C=O) groups is 1. The molecule has 0 saturated carbocycles. The lowest BCUT2D eigenvalue weighted by Gasteiger charge is -2.07. The first-order valence-electron chi connectivity index (χ1n) is 9.11. The van der Waals surface area contributed by atoms with Crippen LogP contribution in [0.25, 0.3) is 22.5 Å². The van der Waals surface area contributed by atoms with Gasteiger partial charge in [-0.15, -0.1) is 0 Å². The number of hydrogen-bond donors (Lipinski definition) is 1. The van der Waals surface area contributed by atoms with Crippen molar-refractivity contribution in [2.75, 3.05) is 12.4 Å². The molecule has 2 aromatic carbocycles. The number of aromatic nitrogens is 4. The van der Waals surface area contributed by atoms with Crippen molar-refractivity contribution < 1.29 is 13.9 Å². The van der Waals surface area contributed by atoms with E-state index >= 15 is 0 Å². The van der Waals surface area contributed by atoms with Gasteiger partial charge in [-0.2, -0.15) is 5.10 Å². The van der Waals surface area contributed by atoms with Crippen molar-refractivity contribution in [1.29, 1.82) is 0 Å². The molecule has 0 fully saturated rings. The van der Waals surface area contributed by atoms with Crippen LogP contribution in [0.2, 0.25) is 0 Å². The van der Waals surface area contributed by atoms with Gasteiger partial charge in [-0.05, 0) is 54.6 Å². The highest BCUT2D eigenvalue weighted by Gasteiger charge is 2.15. The fourth-order valence-electron chi connectivity index (χ4n) is 2.97. The maximum Gasteiger partial charge on any atom is 0.275 e. The number of halogens is 1. The van der Waals surface area contributed by atoms with Crippen LogP contribution in [0.5, 0.6) is 5.75 Å². The average Bonchev–Trinajstić information content (AvgIpc) is 3.16. The Morgan fingerprint density at radius 2 is 1.63 bits per heavy atom. The van der Waals surface area contributed by atoms with E-state index in [2.05, 4.69) is 20.4 Å². The Morgan fingerprint density at radius 1 is 0.967 bits per heavy atom. The third-order valence-corrected chi connectivity index (χ3v) is 4.55. The summed E-state index contributed by atoms with van der Waals surface area (Å²) < 4.78 is 19.8. The van der Waals surface area contributed by atoms with Gasteiger partial charge in [0.15, 0.2) is 0 Å². The normalized spacial score (nSPS) is 10.6. The summed E-state index contributed by atoms with van der Waals surface area (Å²) in [5, 5.41) is 7.11. The Hall–Kier alpha value is -4.07. The average molecular weight is 403 g/mol. The molecule has 0 atom stereocenters. The van der Waals surface area contributed by atoms with Crippen LogP contribution in [0.4, 0.5) is 10.2 Å². The molecule has 0 radical (unpaired) electrons. The molecule has 4 aromatic rings. The molecular weight excluding hydrogens is 385 g/mol. The number of rotatable bonds is 5. The first-order valence-corrected chi connectivity index (χ1v) is 9.11. The zero-order valence-electron chi connectivity index (χ0n) is 16.3. The van der Waals surface area contributed by atoms with Crippen molar-refractivity contribution in [3.63, 3.8) is 0 Å². The Kier molecular flexibility index (Phi) is 5.21. The molecule has 0 bridgehead atoms. The molecule has 0 aliphatic rings. The van der Waals surface area contributed by atoms with Crippen LogP contribution in [-0.2, 0) is 7.05 Å². The number of nitrogens with one attached hydrogen (secondary N) is 1. The minimum absolute atomic E-state index is 0.330. The van der Waals surface area contributed by atoms with E-state index in [4.69, 9.17) is 4.74 Å².